The number of ether oxygens (including phenoxy) is 1. The maximum Gasteiger partial charge on any atom is 0.253 e. The van der Waals surface area contributed by atoms with Crippen molar-refractivity contribution in [2.75, 3.05) is 31.1 Å². The lowest BCUT2D eigenvalue weighted by molar-refractivity contribution is 0.0746. The predicted octanol–water partition coefficient (Wildman–Crippen LogP) is 2.97. The van der Waals surface area contributed by atoms with Crippen molar-refractivity contribution in [3.63, 3.8) is 0 Å². The van der Waals surface area contributed by atoms with Crippen molar-refractivity contribution in [2.24, 2.45) is 0 Å². The van der Waals surface area contributed by atoms with E-state index in [-0.39, 0.29) is 5.91 Å². The number of hydrogen-bond acceptors (Lipinski definition) is 6. The summed E-state index contributed by atoms with van der Waals surface area (Å²) in [6.07, 6.45) is 7.42. The van der Waals surface area contributed by atoms with E-state index < -0.39 is 0 Å². The molecular formula is C24H24N6O2. The number of nitrogens with zero attached hydrogens (tertiary/aromatic N) is 6. The van der Waals surface area contributed by atoms with Crippen LogP contribution in [0.4, 0.5) is 5.95 Å². The highest BCUT2D eigenvalue weighted by atomic mass is 16.5. The second kappa shape index (κ2) is 8.66. The lowest BCUT2D eigenvalue weighted by atomic mass is 10.1. The largest absolute Gasteiger partial charge is 0.487 e. The zero-order valence-electron chi connectivity index (χ0n) is 17.9. The highest BCUT2D eigenvalue weighted by Gasteiger charge is 2.23. The van der Waals surface area contributed by atoms with Crippen LogP contribution in [0, 0.1) is 6.92 Å². The SMILES string of the molecule is Cc1cccn2cc(COc3ccc(C(=O)N4CCN(c5ncccn5)CC4)cc3)nc12. The molecule has 8 heteroatoms. The fraction of sp³-hybridized carbons (Fsp3) is 0.250. The lowest BCUT2D eigenvalue weighted by Gasteiger charge is -2.34. The molecule has 162 valence electrons. The van der Waals surface area contributed by atoms with Crippen LogP contribution < -0.4 is 9.64 Å². The summed E-state index contributed by atoms with van der Waals surface area (Å²) in [5, 5.41) is 0. The molecule has 0 aliphatic carbocycles. The van der Waals surface area contributed by atoms with Gasteiger partial charge in [0.05, 0.1) is 5.69 Å². The molecule has 1 saturated heterocycles. The Hall–Kier alpha value is -3.94. The summed E-state index contributed by atoms with van der Waals surface area (Å²) in [6, 6.07) is 13.1. The standard InChI is InChI=1S/C24H24N6O2/c1-18-4-2-11-30-16-20(27-22(18)30)17-32-21-7-5-19(6-8-21)23(31)28-12-14-29(15-13-28)24-25-9-3-10-26-24/h2-11,16H,12-15,17H2,1H3. The van der Waals surface area contributed by atoms with Crippen molar-refractivity contribution in [3.05, 3.63) is 84.1 Å². The molecule has 1 fully saturated rings. The van der Waals surface area contributed by atoms with E-state index in [0.29, 0.717) is 37.0 Å². The molecule has 1 aliphatic rings. The Morgan fingerprint density at radius 2 is 1.75 bits per heavy atom. The van der Waals surface area contributed by atoms with Gasteiger partial charge in [-0.2, -0.15) is 0 Å². The van der Waals surface area contributed by atoms with E-state index in [9.17, 15) is 4.79 Å². The van der Waals surface area contributed by atoms with Crippen LogP contribution in [-0.4, -0.2) is 56.3 Å². The highest BCUT2D eigenvalue weighted by molar-refractivity contribution is 5.94. The third-order valence-corrected chi connectivity index (χ3v) is 5.62. The second-order valence-corrected chi connectivity index (χ2v) is 7.80. The Kier molecular flexibility index (Phi) is 5.41. The van der Waals surface area contributed by atoms with Crippen molar-refractivity contribution in [2.45, 2.75) is 13.5 Å². The summed E-state index contributed by atoms with van der Waals surface area (Å²) < 4.78 is 7.88. The Bertz CT molecular complexity index is 1210. The Balaban J connectivity index is 1.17. The first-order valence-corrected chi connectivity index (χ1v) is 10.6. The monoisotopic (exact) mass is 428 g/mol. The molecule has 3 aromatic heterocycles. The van der Waals surface area contributed by atoms with Gasteiger partial charge in [0.25, 0.3) is 5.91 Å². The molecule has 4 aromatic rings. The third-order valence-electron chi connectivity index (χ3n) is 5.62. The molecule has 0 N–H and O–H groups in total. The highest BCUT2D eigenvalue weighted by Crippen LogP contribution is 2.18. The van der Waals surface area contributed by atoms with Crippen LogP contribution in [0.3, 0.4) is 0 Å². The summed E-state index contributed by atoms with van der Waals surface area (Å²) in [5.74, 6) is 1.45. The van der Waals surface area contributed by atoms with Crippen molar-refractivity contribution in [1.82, 2.24) is 24.3 Å². The predicted molar refractivity (Wildman–Crippen MR) is 121 cm³/mol. The molecule has 5 rings (SSSR count). The van der Waals surface area contributed by atoms with Gasteiger partial charge < -0.3 is 18.9 Å². The second-order valence-electron chi connectivity index (χ2n) is 7.80. The molecule has 0 spiro atoms. The molecule has 1 amide bonds. The molecule has 0 atom stereocenters. The van der Waals surface area contributed by atoms with Crippen LogP contribution in [0.25, 0.3) is 5.65 Å². The summed E-state index contributed by atoms with van der Waals surface area (Å²) in [6.45, 7) is 5.13. The molecule has 1 aromatic carbocycles. The molecule has 4 heterocycles. The van der Waals surface area contributed by atoms with E-state index in [1.54, 1.807) is 18.5 Å². The van der Waals surface area contributed by atoms with Crippen LogP contribution >= 0.6 is 0 Å². The van der Waals surface area contributed by atoms with Crippen LogP contribution in [0.15, 0.2) is 67.3 Å². The first-order chi connectivity index (χ1) is 15.7. The first kappa shape index (κ1) is 20.0. The summed E-state index contributed by atoms with van der Waals surface area (Å²) in [4.78, 5) is 30.1. The average molecular weight is 428 g/mol. The number of anilines is 1. The van der Waals surface area contributed by atoms with Crippen molar-refractivity contribution in [3.8, 4) is 5.75 Å². The van der Waals surface area contributed by atoms with Gasteiger partial charge in [0, 0.05) is 56.5 Å². The van der Waals surface area contributed by atoms with Crippen molar-refractivity contribution in [1.29, 1.82) is 0 Å². The number of rotatable bonds is 5. The number of carbonyl (C=O) groups is 1. The molecule has 0 radical (unpaired) electrons. The van der Waals surface area contributed by atoms with E-state index >= 15 is 0 Å². The molecule has 1 aliphatic heterocycles. The number of piperazine rings is 1. The van der Waals surface area contributed by atoms with E-state index in [4.69, 9.17) is 4.74 Å². The van der Waals surface area contributed by atoms with Gasteiger partial charge in [0.2, 0.25) is 5.95 Å². The van der Waals surface area contributed by atoms with Gasteiger partial charge >= 0.3 is 0 Å². The number of benzene rings is 1. The third kappa shape index (κ3) is 4.12. The van der Waals surface area contributed by atoms with E-state index in [1.807, 2.05) is 65.0 Å². The normalized spacial score (nSPS) is 14.0. The van der Waals surface area contributed by atoms with Crippen LogP contribution in [0.5, 0.6) is 5.75 Å². The Labute approximate surface area is 186 Å². The fourth-order valence-corrected chi connectivity index (χ4v) is 3.87. The molecule has 8 nitrogen and oxygen atoms in total. The molecule has 0 bridgehead atoms. The van der Waals surface area contributed by atoms with Crippen LogP contribution in [0.2, 0.25) is 0 Å². The average Bonchev–Trinajstić information content (AvgIpc) is 3.28. The topological polar surface area (TPSA) is 75.9 Å². The smallest absolute Gasteiger partial charge is 0.253 e. The number of amides is 1. The Morgan fingerprint density at radius 1 is 1.00 bits per heavy atom. The maximum atomic E-state index is 12.9. The van der Waals surface area contributed by atoms with Crippen molar-refractivity contribution >= 4 is 17.5 Å². The van der Waals surface area contributed by atoms with Gasteiger partial charge in [-0.15, -0.1) is 0 Å². The van der Waals surface area contributed by atoms with E-state index in [1.165, 1.54) is 0 Å². The van der Waals surface area contributed by atoms with E-state index in [2.05, 4.69) is 19.9 Å². The van der Waals surface area contributed by atoms with Gasteiger partial charge in [0.1, 0.15) is 18.0 Å². The minimum absolute atomic E-state index is 0.0287. The molecule has 32 heavy (non-hydrogen) atoms. The number of carbonyl (C=O) groups excluding carboxylic acids is 1. The molecular weight excluding hydrogens is 404 g/mol. The summed E-state index contributed by atoms with van der Waals surface area (Å²) >= 11 is 0. The number of aromatic nitrogens is 4. The summed E-state index contributed by atoms with van der Waals surface area (Å²) in [5.41, 5.74) is 3.58. The zero-order valence-corrected chi connectivity index (χ0v) is 17.9. The van der Waals surface area contributed by atoms with Crippen LogP contribution in [0.1, 0.15) is 21.6 Å². The zero-order chi connectivity index (χ0) is 21.9. The number of fused-ring (bicyclic) bond motifs is 1. The van der Waals surface area contributed by atoms with Crippen LogP contribution in [-0.2, 0) is 6.61 Å². The Morgan fingerprint density at radius 3 is 2.47 bits per heavy atom. The van der Waals surface area contributed by atoms with Gasteiger partial charge in [-0.25, -0.2) is 15.0 Å². The fourth-order valence-electron chi connectivity index (χ4n) is 3.87. The van der Waals surface area contributed by atoms with Crippen molar-refractivity contribution < 1.29 is 9.53 Å². The lowest BCUT2D eigenvalue weighted by Crippen LogP contribution is -2.49. The van der Waals surface area contributed by atoms with Gasteiger partial charge in [0.15, 0.2) is 0 Å². The number of pyridine rings is 1. The first-order valence-electron chi connectivity index (χ1n) is 10.6. The summed E-state index contributed by atoms with van der Waals surface area (Å²) in [7, 11) is 0. The van der Waals surface area contributed by atoms with Gasteiger partial charge in [-0.05, 0) is 48.9 Å². The minimum atomic E-state index is 0.0287. The molecule has 0 saturated carbocycles. The maximum absolute atomic E-state index is 12.9. The van der Waals surface area contributed by atoms with Gasteiger partial charge in [-0.3, -0.25) is 4.79 Å². The quantitative estimate of drug-likeness (QED) is 0.487. The number of hydrogen-bond donors (Lipinski definition) is 0. The number of aryl methyl sites for hydroxylation is 1. The minimum Gasteiger partial charge on any atom is -0.487 e. The van der Waals surface area contributed by atoms with Gasteiger partial charge in [-0.1, -0.05) is 6.07 Å². The number of imidazole rings is 1. The van der Waals surface area contributed by atoms with E-state index in [0.717, 1.165) is 30.0 Å². The molecule has 0 unspecified atom stereocenters.